The van der Waals surface area contributed by atoms with Crippen molar-refractivity contribution < 1.29 is 27.2 Å². The van der Waals surface area contributed by atoms with Crippen molar-refractivity contribution in [2.75, 3.05) is 12.9 Å². The van der Waals surface area contributed by atoms with Gasteiger partial charge in [-0.15, -0.1) is 0 Å². The van der Waals surface area contributed by atoms with E-state index in [2.05, 4.69) is 0 Å². The summed E-state index contributed by atoms with van der Waals surface area (Å²) in [5.74, 6) is 0.224. The van der Waals surface area contributed by atoms with Crippen molar-refractivity contribution in [3.63, 3.8) is 0 Å². The molecule has 1 atom stereocenters. The Morgan fingerprint density at radius 3 is 2.52 bits per heavy atom. The molecule has 1 aliphatic rings. The van der Waals surface area contributed by atoms with Crippen molar-refractivity contribution in [1.82, 2.24) is 4.90 Å². The molecule has 0 aliphatic carbocycles. The number of rotatable bonds is 4. The minimum Gasteiger partial charge on any atom is -0.465 e. The topological polar surface area (TPSA) is 93.1 Å². The Bertz CT molecular complexity index is 708. The minimum atomic E-state index is -3.55. The molecule has 0 saturated carbocycles. The highest BCUT2D eigenvalue weighted by Gasteiger charge is 2.42. The molecule has 1 amide bonds. The van der Waals surface area contributed by atoms with Crippen molar-refractivity contribution in [3.8, 4) is 5.75 Å². The number of carbonyl (C=O) groups is 1. The van der Waals surface area contributed by atoms with E-state index in [9.17, 15) is 18.3 Å². The van der Waals surface area contributed by atoms with Crippen LogP contribution < -0.4 is 4.18 Å². The summed E-state index contributed by atoms with van der Waals surface area (Å²) in [6.45, 7) is 3.68. The van der Waals surface area contributed by atoms with Gasteiger partial charge in [0.15, 0.2) is 0 Å². The van der Waals surface area contributed by atoms with Crippen LogP contribution in [0, 0.1) is 0 Å². The van der Waals surface area contributed by atoms with Crippen molar-refractivity contribution in [2.45, 2.75) is 25.6 Å². The third-order valence-corrected chi connectivity index (χ3v) is 3.86. The number of hydrogen-bond donors (Lipinski definition) is 1. The number of nitrogens with zero attached hydrogens (tertiary/aromatic N) is 1. The van der Waals surface area contributed by atoms with Crippen LogP contribution in [0.5, 0.6) is 5.75 Å². The van der Waals surface area contributed by atoms with Crippen LogP contribution in [0.2, 0.25) is 0 Å². The first-order chi connectivity index (χ1) is 10.6. The molecule has 126 valence electrons. The second-order valence-electron chi connectivity index (χ2n) is 5.69. The number of ether oxygens (including phenoxy) is 1. The quantitative estimate of drug-likeness (QED) is 0.844. The first-order valence-electron chi connectivity index (χ1n) is 6.92. The van der Waals surface area contributed by atoms with E-state index in [0.717, 1.165) is 11.8 Å². The van der Waals surface area contributed by atoms with Crippen LogP contribution in [-0.2, 0) is 14.9 Å². The fourth-order valence-electron chi connectivity index (χ4n) is 2.38. The van der Waals surface area contributed by atoms with E-state index in [1.165, 1.54) is 17.0 Å². The zero-order valence-corrected chi connectivity index (χ0v) is 13.9. The average molecular weight is 341 g/mol. The van der Waals surface area contributed by atoms with E-state index in [1.807, 2.05) is 0 Å². The van der Waals surface area contributed by atoms with Gasteiger partial charge in [0.05, 0.1) is 18.9 Å². The molecule has 1 aromatic rings. The molecule has 1 aromatic carbocycles. The van der Waals surface area contributed by atoms with Gasteiger partial charge >= 0.3 is 16.2 Å². The van der Waals surface area contributed by atoms with Crippen LogP contribution in [-0.4, -0.2) is 49.1 Å². The van der Waals surface area contributed by atoms with Gasteiger partial charge in [-0.2, -0.15) is 8.42 Å². The van der Waals surface area contributed by atoms with Crippen molar-refractivity contribution in [2.24, 2.45) is 0 Å². The normalized spacial score (nSPS) is 20.8. The molecule has 8 heteroatoms. The van der Waals surface area contributed by atoms with Gasteiger partial charge in [0.2, 0.25) is 0 Å². The molecule has 0 unspecified atom stereocenters. The number of benzene rings is 1. The van der Waals surface area contributed by atoms with Gasteiger partial charge in [-0.05, 0) is 31.5 Å². The summed E-state index contributed by atoms with van der Waals surface area (Å²) in [7, 11) is -3.55. The van der Waals surface area contributed by atoms with Crippen LogP contribution in [0.4, 0.5) is 4.79 Å². The molecule has 0 radical (unpaired) electrons. The maximum absolute atomic E-state index is 11.4. The summed E-state index contributed by atoms with van der Waals surface area (Å²) >= 11 is 0. The first-order valence-corrected chi connectivity index (χ1v) is 8.74. The van der Waals surface area contributed by atoms with E-state index < -0.39 is 21.9 Å². The zero-order valence-electron chi connectivity index (χ0n) is 13.1. The molecular weight excluding hydrogens is 322 g/mol. The van der Waals surface area contributed by atoms with Gasteiger partial charge in [0.25, 0.3) is 0 Å². The largest absolute Gasteiger partial charge is 0.465 e. The molecule has 1 N–H and O–H groups in total. The van der Waals surface area contributed by atoms with Crippen LogP contribution in [0.3, 0.4) is 0 Å². The van der Waals surface area contributed by atoms with E-state index >= 15 is 0 Å². The second kappa shape index (κ2) is 6.21. The molecule has 1 heterocycles. The van der Waals surface area contributed by atoms with E-state index in [4.69, 9.17) is 8.92 Å². The Morgan fingerprint density at radius 1 is 1.39 bits per heavy atom. The maximum atomic E-state index is 11.4. The SMILES string of the molecule is CC1(C)OC[C@H](C=Cc2ccc(OS(C)(=O)=O)cc2)N1C(=O)O. The van der Waals surface area contributed by atoms with Gasteiger partial charge in [0.1, 0.15) is 11.5 Å². The molecule has 0 aromatic heterocycles. The van der Waals surface area contributed by atoms with E-state index in [1.54, 1.807) is 38.1 Å². The lowest BCUT2D eigenvalue weighted by atomic mass is 10.1. The van der Waals surface area contributed by atoms with Gasteiger partial charge in [-0.1, -0.05) is 24.3 Å². The summed E-state index contributed by atoms with van der Waals surface area (Å²) in [5, 5.41) is 9.30. The highest BCUT2D eigenvalue weighted by atomic mass is 32.2. The minimum absolute atomic E-state index is 0.224. The summed E-state index contributed by atoms with van der Waals surface area (Å²) in [4.78, 5) is 12.6. The van der Waals surface area contributed by atoms with Crippen LogP contribution >= 0.6 is 0 Å². The standard InChI is InChI=1S/C15H19NO6S/c1-15(2)16(14(17)18)12(10-21-15)7-4-11-5-8-13(9-6-11)22-23(3,19)20/h4-9,12H,10H2,1-3H3,(H,17,18)/t12-/m0/s1. The Balaban J connectivity index is 2.10. The fraction of sp³-hybridized carbons (Fsp3) is 0.400. The maximum Gasteiger partial charge on any atom is 0.410 e. The molecule has 7 nitrogen and oxygen atoms in total. The Kier molecular flexibility index (Phi) is 4.67. The predicted molar refractivity (Wildman–Crippen MR) is 84.6 cm³/mol. The molecular formula is C15H19NO6S. The highest BCUT2D eigenvalue weighted by molar-refractivity contribution is 7.86. The Morgan fingerprint density at radius 2 is 2.00 bits per heavy atom. The number of carboxylic acid groups (broad SMARTS) is 1. The van der Waals surface area contributed by atoms with Crippen molar-refractivity contribution in [3.05, 3.63) is 35.9 Å². The molecule has 1 aliphatic heterocycles. The van der Waals surface area contributed by atoms with Crippen LogP contribution in [0.15, 0.2) is 30.3 Å². The monoisotopic (exact) mass is 341 g/mol. The molecule has 2 rings (SSSR count). The highest BCUT2D eigenvalue weighted by Crippen LogP contribution is 2.28. The molecule has 23 heavy (non-hydrogen) atoms. The summed E-state index contributed by atoms with van der Waals surface area (Å²) in [6.07, 6.45) is 3.44. The van der Waals surface area contributed by atoms with Crippen molar-refractivity contribution >= 4 is 22.3 Å². The summed E-state index contributed by atoms with van der Waals surface area (Å²) < 4.78 is 32.3. The lowest BCUT2D eigenvalue weighted by molar-refractivity contribution is -0.0409. The van der Waals surface area contributed by atoms with Crippen LogP contribution in [0.1, 0.15) is 19.4 Å². The smallest absolute Gasteiger partial charge is 0.410 e. The Hall–Kier alpha value is -2.06. The van der Waals surface area contributed by atoms with E-state index in [0.29, 0.717) is 0 Å². The molecule has 0 spiro atoms. The van der Waals surface area contributed by atoms with Gasteiger partial charge in [0, 0.05) is 0 Å². The number of amides is 1. The predicted octanol–water partition coefficient (Wildman–Crippen LogP) is 2.15. The molecule has 0 bridgehead atoms. The summed E-state index contributed by atoms with van der Waals surface area (Å²) in [5.41, 5.74) is -0.0745. The molecule has 1 fully saturated rings. The summed E-state index contributed by atoms with van der Waals surface area (Å²) in [6, 6.07) is 6.05. The average Bonchev–Trinajstić information content (AvgIpc) is 2.71. The third kappa shape index (κ3) is 4.46. The Labute approximate surface area is 135 Å². The lowest BCUT2D eigenvalue weighted by Gasteiger charge is -2.29. The first kappa shape index (κ1) is 17.3. The third-order valence-electron chi connectivity index (χ3n) is 3.36. The van der Waals surface area contributed by atoms with Gasteiger partial charge < -0.3 is 14.0 Å². The van der Waals surface area contributed by atoms with E-state index in [-0.39, 0.29) is 18.4 Å². The second-order valence-corrected chi connectivity index (χ2v) is 7.27. The van der Waals surface area contributed by atoms with Crippen LogP contribution in [0.25, 0.3) is 6.08 Å². The van der Waals surface area contributed by atoms with Gasteiger partial charge in [-0.3, -0.25) is 4.90 Å². The fourth-order valence-corrected chi connectivity index (χ4v) is 2.84. The zero-order chi connectivity index (χ0) is 17.3. The van der Waals surface area contributed by atoms with Gasteiger partial charge in [-0.25, -0.2) is 4.79 Å². The van der Waals surface area contributed by atoms with Crippen molar-refractivity contribution in [1.29, 1.82) is 0 Å². The molecule has 1 saturated heterocycles. The lowest BCUT2D eigenvalue weighted by Crippen LogP contribution is -2.46. The number of hydrogen-bond acceptors (Lipinski definition) is 5.